The van der Waals surface area contributed by atoms with Crippen LogP contribution in [0.5, 0.6) is 5.75 Å². The largest absolute Gasteiger partial charge is 0.497 e. The van der Waals surface area contributed by atoms with Crippen molar-refractivity contribution >= 4 is 28.0 Å². The van der Waals surface area contributed by atoms with Crippen LogP contribution in [0.1, 0.15) is 20.8 Å². The minimum absolute atomic E-state index is 0.112. The van der Waals surface area contributed by atoms with Crippen LogP contribution >= 0.6 is 11.3 Å². The Bertz CT molecular complexity index is 779. The molecule has 0 spiro atoms. The number of methoxy groups -OCH3 is 1. The number of hydrogen-bond acceptors (Lipinski definition) is 6. The summed E-state index contributed by atoms with van der Waals surface area (Å²) in [6.45, 7) is 5.01. The van der Waals surface area contributed by atoms with Crippen LogP contribution in [0.25, 0.3) is 0 Å². The summed E-state index contributed by atoms with van der Waals surface area (Å²) in [6.07, 6.45) is 0. The van der Waals surface area contributed by atoms with E-state index in [4.69, 9.17) is 9.47 Å². The van der Waals surface area contributed by atoms with Gasteiger partial charge < -0.3 is 14.8 Å². The highest BCUT2D eigenvalue weighted by Crippen LogP contribution is 2.30. The van der Waals surface area contributed by atoms with Crippen LogP contribution in [0.15, 0.2) is 30.3 Å². The average molecular weight is 374 g/mol. The predicted octanol–water partition coefficient (Wildman–Crippen LogP) is 2.57. The van der Waals surface area contributed by atoms with E-state index in [0.29, 0.717) is 41.6 Å². The summed E-state index contributed by atoms with van der Waals surface area (Å²) >= 11 is 1.41. The normalized spacial score (nSPS) is 14.8. The van der Waals surface area contributed by atoms with Gasteiger partial charge in [-0.25, -0.2) is 0 Å². The molecule has 3 rings (SSSR count). The summed E-state index contributed by atoms with van der Waals surface area (Å²) < 4.78 is 10.4. The zero-order valence-corrected chi connectivity index (χ0v) is 15.7. The van der Waals surface area contributed by atoms with Gasteiger partial charge in [0.05, 0.1) is 32.4 Å². The average Bonchev–Trinajstić information content (AvgIpc) is 3.02. The highest BCUT2D eigenvalue weighted by Gasteiger charge is 2.20. The molecule has 1 aromatic carbocycles. The number of thiophene rings is 1. The Morgan fingerprint density at radius 1 is 1.23 bits per heavy atom. The van der Waals surface area contributed by atoms with Crippen molar-refractivity contribution in [2.75, 3.05) is 45.3 Å². The molecule has 1 amide bonds. The van der Waals surface area contributed by atoms with Crippen molar-refractivity contribution in [1.82, 2.24) is 4.90 Å². The number of nitrogens with zero attached hydrogens (tertiary/aromatic N) is 1. The summed E-state index contributed by atoms with van der Waals surface area (Å²) in [5.41, 5.74) is 1.08. The molecule has 0 radical (unpaired) electrons. The highest BCUT2D eigenvalue weighted by atomic mass is 32.1. The first kappa shape index (κ1) is 18.6. The minimum atomic E-state index is -0.113. The van der Waals surface area contributed by atoms with Crippen molar-refractivity contribution in [2.24, 2.45) is 0 Å². The fourth-order valence-corrected chi connectivity index (χ4v) is 3.73. The quantitative estimate of drug-likeness (QED) is 0.787. The summed E-state index contributed by atoms with van der Waals surface area (Å²) in [4.78, 5) is 28.2. The van der Waals surface area contributed by atoms with Crippen molar-refractivity contribution < 1.29 is 19.1 Å². The van der Waals surface area contributed by atoms with Crippen molar-refractivity contribution in [3.63, 3.8) is 0 Å². The van der Waals surface area contributed by atoms with Crippen molar-refractivity contribution in [3.05, 3.63) is 46.3 Å². The lowest BCUT2D eigenvalue weighted by molar-refractivity contribution is -0.118. The first-order valence-corrected chi connectivity index (χ1v) is 9.27. The number of hydrogen-bond donors (Lipinski definition) is 1. The molecule has 2 aromatic rings. The number of rotatable bonds is 6. The van der Waals surface area contributed by atoms with E-state index in [2.05, 4.69) is 5.32 Å². The summed E-state index contributed by atoms with van der Waals surface area (Å²) in [7, 11) is 1.58. The predicted molar refractivity (Wildman–Crippen MR) is 101 cm³/mol. The zero-order valence-electron chi connectivity index (χ0n) is 14.9. The van der Waals surface area contributed by atoms with Crippen molar-refractivity contribution in [1.29, 1.82) is 0 Å². The third-order valence-electron chi connectivity index (χ3n) is 4.18. The van der Waals surface area contributed by atoms with Gasteiger partial charge in [0.2, 0.25) is 5.91 Å². The van der Waals surface area contributed by atoms with E-state index in [9.17, 15) is 9.59 Å². The van der Waals surface area contributed by atoms with Gasteiger partial charge >= 0.3 is 0 Å². The van der Waals surface area contributed by atoms with Gasteiger partial charge in [-0.2, -0.15) is 0 Å². The van der Waals surface area contributed by atoms with Crippen LogP contribution in [-0.2, 0) is 9.53 Å². The molecule has 6 nitrogen and oxygen atoms in total. The maximum atomic E-state index is 12.8. The Labute approximate surface area is 156 Å². The zero-order chi connectivity index (χ0) is 18.5. The number of amides is 1. The number of ether oxygens (including phenoxy) is 2. The third kappa shape index (κ3) is 4.49. The summed E-state index contributed by atoms with van der Waals surface area (Å²) in [5, 5.41) is 3.50. The summed E-state index contributed by atoms with van der Waals surface area (Å²) in [6, 6.07) is 8.79. The third-order valence-corrected chi connectivity index (χ3v) is 5.14. The lowest BCUT2D eigenvalue weighted by atomic mass is 10.0. The molecule has 0 bridgehead atoms. The van der Waals surface area contributed by atoms with E-state index in [-0.39, 0.29) is 11.7 Å². The van der Waals surface area contributed by atoms with Gasteiger partial charge in [-0.15, -0.1) is 11.3 Å². The molecule has 1 aromatic heterocycles. The number of aryl methyl sites for hydroxylation is 1. The SMILES string of the molecule is COc1ccc(C(=O)c2cc(C)sc2NC(=O)CN2CCOCC2)cc1. The van der Waals surface area contributed by atoms with Crippen LogP contribution in [-0.4, -0.2) is 56.5 Å². The molecule has 2 heterocycles. The molecule has 1 aliphatic heterocycles. The summed E-state index contributed by atoms with van der Waals surface area (Å²) in [5.74, 6) is 0.471. The molecule has 0 atom stereocenters. The second-order valence-corrected chi connectivity index (χ2v) is 7.35. The first-order chi connectivity index (χ1) is 12.6. The van der Waals surface area contributed by atoms with Crippen LogP contribution in [0.3, 0.4) is 0 Å². The number of nitrogens with one attached hydrogen (secondary N) is 1. The van der Waals surface area contributed by atoms with Gasteiger partial charge in [0.1, 0.15) is 10.8 Å². The molecule has 26 heavy (non-hydrogen) atoms. The van der Waals surface area contributed by atoms with Crippen molar-refractivity contribution in [2.45, 2.75) is 6.92 Å². The number of carbonyl (C=O) groups excluding carboxylic acids is 2. The maximum absolute atomic E-state index is 12.8. The number of ketones is 1. The standard InChI is InChI=1S/C19H22N2O4S/c1-13-11-16(18(23)14-3-5-15(24-2)6-4-14)19(26-13)20-17(22)12-21-7-9-25-10-8-21/h3-6,11H,7-10,12H2,1-2H3,(H,20,22). The van der Waals surface area contributed by atoms with E-state index >= 15 is 0 Å². The van der Waals surface area contributed by atoms with Gasteiger partial charge in [0, 0.05) is 23.5 Å². The van der Waals surface area contributed by atoms with Crippen LogP contribution in [0.4, 0.5) is 5.00 Å². The molecule has 1 fully saturated rings. The maximum Gasteiger partial charge on any atom is 0.239 e. The monoisotopic (exact) mass is 374 g/mol. The van der Waals surface area contributed by atoms with E-state index in [1.54, 1.807) is 31.4 Å². The Kier molecular flexibility index (Phi) is 6.03. The Morgan fingerprint density at radius 3 is 2.58 bits per heavy atom. The fourth-order valence-electron chi connectivity index (χ4n) is 2.80. The highest BCUT2D eigenvalue weighted by molar-refractivity contribution is 7.16. The molecule has 0 saturated carbocycles. The van der Waals surface area contributed by atoms with Crippen molar-refractivity contribution in [3.8, 4) is 5.75 Å². The van der Waals surface area contributed by atoms with E-state index in [1.165, 1.54) is 11.3 Å². The van der Waals surface area contributed by atoms with Crippen LogP contribution in [0, 0.1) is 6.92 Å². The second kappa shape index (κ2) is 8.44. The number of anilines is 1. The Balaban J connectivity index is 1.72. The molecule has 138 valence electrons. The topological polar surface area (TPSA) is 67.9 Å². The van der Waals surface area contributed by atoms with E-state index in [1.807, 2.05) is 17.9 Å². The number of benzene rings is 1. The molecule has 1 N–H and O–H groups in total. The molecule has 0 unspecified atom stereocenters. The second-order valence-electron chi connectivity index (χ2n) is 6.09. The molecule has 1 saturated heterocycles. The van der Waals surface area contributed by atoms with Crippen LogP contribution < -0.4 is 10.1 Å². The van der Waals surface area contributed by atoms with Gasteiger partial charge in [-0.05, 0) is 37.3 Å². The fraction of sp³-hybridized carbons (Fsp3) is 0.368. The van der Waals surface area contributed by atoms with Gasteiger partial charge in [-0.1, -0.05) is 0 Å². The number of morpholine rings is 1. The molecule has 1 aliphatic rings. The van der Waals surface area contributed by atoms with E-state index < -0.39 is 0 Å². The van der Waals surface area contributed by atoms with Gasteiger partial charge in [0.15, 0.2) is 5.78 Å². The van der Waals surface area contributed by atoms with Gasteiger partial charge in [0.25, 0.3) is 0 Å². The molecular weight excluding hydrogens is 352 g/mol. The first-order valence-electron chi connectivity index (χ1n) is 8.46. The lowest BCUT2D eigenvalue weighted by Crippen LogP contribution is -2.41. The lowest BCUT2D eigenvalue weighted by Gasteiger charge is -2.25. The Hall–Kier alpha value is -2.22. The van der Waals surface area contributed by atoms with Crippen LogP contribution in [0.2, 0.25) is 0 Å². The molecule has 7 heteroatoms. The molecular formula is C19H22N2O4S. The minimum Gasteiger partial charge on any atom is -0.497 e. The molecule has 0 aliphatic carbocycles. The smallest absolute Gasteiger partial charge is 0.239 e. The number of carbonyl (C=O) groups is 2. The van der Waals surface area contributed by atoms with Gasteiger partial charge in [-0.3, -0.25) is 14.5 Å². The van der Waals surface area contributed by atoms with E-state index in [0.717, 1.165) is 18.0 Å². The Morgan fingerprint density at radius 2 is 1.92 bits per heavy atom.